The van der Waals surface area contributed by atoms with Crippen molar-refractivity contribution in [3.8, 4) is 0 Å². The van der Waals surface area contributed by atoms with Crippen molar-refractivity contribution in [2.24, 2.45) is 0 Å². The number of nitrogens with zero attached hydrogens (tertiary/aromatic N) is 4. The highest BCUT2D eigenvalue weighted by atomic mass is 35.5. The van der Waals surface area contributed by atoms with E-state index in [1.807, 2.05) is 4.90 Å². The lowest BCUT2D eigenvalue weighted by Gasteiger charge is -2.34. The average Bonchev–Trinajstić information content (AvgIpc) is 3.27. The van der Waals surface area contributed by atoms with Crippen LogP contribution < -0.4 is 0 Å². The summed E-state index contributed by atoms with van der Waals surface area (Å²) in [7, 11) is 0. The van der Waals surface area contributed by atoms with Crippen molar-refractivity contribution in [3.63, 3.8) is 0 Å². The van der Waals surface area contributed by atoms with Crippen LogP contribution in [0.15, 0.2) is 18.5 Å². The molecular formula is C19H23ClN4O. The molecule has 1 atom stereocenters. The van der Waals surface area contributed by atoms with E-state index in [1.165, 1.54) is 35.1 Å². The summed E-state index contributed by atoms with van der Waals surface area (Å²) in [6.45, 7) is 3.56. The Morgan fingerprint density at radius 2 is 2.24 bits per heavy atom. The van der Waals surface area contributed by atoms with Crippen LogP contribution in [0.25, 0.3) is 0 Å². The molecule has 2 heterocycles. The molecule has 0 spiro atoms. The van der Waals surface area contributed by atoms with Crippen molar-refractivity contribution in [2.45, 2.75) is 58.2 Å². The van der Waals surface area contributed by atoms with Crippen LogP contribution in [0.5, 0.6) is 0 Å². The number of alkyl halides is 1. The van der Waals surface area contributed by atoms with Crippen molar-refractivity contribution in [1.82, 2.24) is 19.7 Å². The smallest absolute Gasteiger partial charge is 0.238 e. The van der Waals surface area contributed by atoms with Crippen LogP contribution in [-0.4, -0.2) is 37.5 Å². The largest absolute Gasteiger partial charge is 0.333 e. The summed E-state index contributed by atoms with van der Waals surface area (Å²) in [5.74, 6) is 1.03. The van der Waals surface area contributed by atoms with Gasteiger partial charge in [-0.05, 0) is 54.9 Å². The van der Waals surface area contributed by atoms with Crippen LogP contribution >= 0.6 is 11.6 Å². The zero-order chi connectivity index (χ0) is 17.4. The molecule has 5 nitrogen and oxygen atoms in total. The first-order valence-electron chi connectivity index (χ1n) is 8.99. The highest BCUT2D eigenvalue weighted by molar-refractivity contribution is 6.27. The van der Waals surface area contributed by atoms with E-state index in [0.717, 1.165) is 31.6 Å². The Morgan fingerprint density at radius 1 is 1.36 bits per heavy atom. The van der Waals surface area contributed by atoms with E-state index < -0.39 is 0 Å². The maximum absolute atomic E-state index is 12.5. The Bertz CT molecular complexity index is 801. The predicted octanol–water partition coefficient (Wildman–Crippen LogP) is 2.66. The van der Waals surface area contributed by atoms with E-state index >= 15 is 0 Å². The fourth-order valence-electron chi connectivity index (χ4n) is 4.29. The van der Waals surface area contributed by atoms with Gasteiger partial charge < -0.3 is 9.47 Å². The molecule has 1 aromatic carbocycles. The molecule has 1 aliphatic carbocycles. The van der Waals surface area contributed by atoms with Gasteiger partial charge in [-0.3, -0.25) is 4.79 Å². The summed E-state index contributed by atoms with van der Waals surface area (Å²) in [6, 6.07) is 4.67. The molecule has 1 amide bonds. The number of halogens is 1. The van der Waals surface area contributed by atoms with E-state index in [0.29, 0.717) is 6.54 Å². The van der Waals surface area contributed by atoms with Gasteiger partial charge in [0.25, 0.3) is 0 Å². The number of amides is 1. The lowest BCUT2D eigenvalue weighted by Crippen LogP contribution is -2.45. The quantitative estimate of drug-likeness (QED) is 0.789. The topological polar surface area (TPSA) is 51.0 Å². The Morgan fingerprint density at radius 3 is 3.08 bits per heavy atom. The first kappa shape index (κ1) is 16.6. The average molecular weight is 359 g/mol. The van der Waals surface area contributed by atoms with Crippen molar-refractivity contribution in [2.75, 3.05) is 5.88 Å². The van der Waals surface area contributed by atoms with E-state index in [-0.39, 0.29) is 17.8 Å². The number of hydrogen-bond donors (Lipinski definition) is 0. The number of carbonyl (C=O) groups excluding carboxylic acids is 1. The first-order valence-corrected chi connectivity index (χ1v) is 9.52. The molecule has 0 N–H and O–H groups in total. The molecule has 1 aromatic heterocycles. The van der Waals surface area contributed by atoms with Gasteiger partial charge in [-0.2, -0.15) is 0 Å². The number of benzene rings is 1. The maximum Gasteiger partial charge on any atom is 0.238 e. The van der Waals surface area contributed by atoms with Crippen molar-refractivity contribution >= 4 is 17.5 Å². The van der Waals surface area contributed by atoms with Gasteiger partial charge in [-0.25, -0.2) is 0 Å². The van der Waals surface area contributed by atoms with Crippen molar-refractivity contribution in [3.05, 3.63) is 46.5 Å². The zero-order valence-electron chi connectivity index (χ0n) is 14.5. The second-order valence-electron chi connectivity index (χ2n) is 7.15. The third-order valence-corrected chi connectivity index (χ3v) is 5.76. The highest BCUT2D eigenvalue weighted by Gasteiger charge is 2.28. The van der Waals surface area contributed by atoms with Crippen molar-refractivity contribution in [1.29, 1.82) is 0 Å². The van der Waals surface area contributed by atoms with Crippen molar-refractivity contribution < 1.29 is 4.79 Å². The third kappa shape index (κ3) is 3.17. The van der Waals surface area contributed by atoms with Gasteiger partial charge in [0.2, 0.25) is 5.91 Å². The van der Waals surface area contributed by atoms with Gasteiger partial charge in [0.05, 0.1) is 6.04 Å². The van der Waals surface area contributed by atoms with E-state index in [1.54, 1.807) is 6.33 Å². The Balaban J connectivity index is 1.58. The Kier molecular flexibility index (Phi) is 4.50. The lowest BCUT2D eigenvalue weighted by atomic mass is 9.99. The number of aryl methyl sites for hydroxylation is 3. The molecule has 4 rings (SSSR count). The lowest BCUT2D eigenvalue weighted by molar-refractivity contribution is -0.132. The molecule has 0 fully saturated rings. The third-order valence-electron chi connectivity index (χ3n) is 5.53. The van der Waals surface area contributed by atoms with Gasteiger partial charge in [0.1, 0.15) is 18.0 Å². The zero-order valence-corrected chi connectivity index (χ0v) is 15.3. The van der Waals surface area contributed by atoms with E-state index in [4.69, 9.17) is 11.6 Å². The van der Waals surface area contributed by atoms with E-state index in [9.17, 15) is 4.79 Å². The van der Waals surface area contributed by atoms with E-state index in [2.05, 4.69) is 33.8 Å². The monoisotopic (exact) mass is 358 g/mol. The van der Waals surface area contributed by atoms with Gasteiger partial charge in [-0.15, -0.1) is 21.8 Å². The summed E-state index contributed by atoms with van der Waals surface area (Å²) in [5, 5.41) is 8.11. The molecule has 1 unspecified atom stereocenters. The van der Waals surface area contributed by atoms with Crippen LogP contribution in [0.2, 0.25) is 0 Å². The normalized spacial score (nSPS) is 18.7. The number of carbonyl (C=O) groups is 1. The summed E-state index contributed by atoms with van der Waals surface area (Å²) < 4.78 is 2.05. The minimum absolute atomic E-state index is 0.00124. The van der Waals surface area contributed by atoms with Crippen LogP contribution in [0.1, 0.15) is 40.9 Å². The molecule has 0 saturated heterocycles. The SMILES string of the molecule is Cc1cc(CN(C(=O)CCl)C2CCc3nncn3C2)cc2c1CCC2. The molecule has 25 heavy (non-hydrogen) atoms. The van der Waals surface area contributed by atoms with Gasteiger partial charge >= 0.3 is 0 Å². The number of rotatable bonds is 4. The number of hydrogen-bond acceptors (Lipinski definition) is 3. The first-order chi connectivity index (χ1) is 12.2. The fraction of sp³-hybridized carbons (Fsp3) is 0.526. The molecule has 0 saturated carbocycles. The van der Waals surface area contributed by atoms with Crippen LogP contribution in [0.3, 0.4) is 0 Å². The van der Waals surface area contributed by atoms with Gasteiger partial charge in [0, 0.05) is 19.5 Å². The fourth-order valence-corrected chi connectivity index (χ4v) is 4.44. The minimum atomic E-state index is 0.00124. The van der Waals surface area contributed by atoms with Crippen LogP contribution in [0, 0.1) is 6.92 Å². The van der Waals surface area contributed by atoms with Gasteiger partial charge in [0.15, 0.2) is 0 Å². The van der Waals surface area contributed by atoms with Gasteiger partial charge in [-0.1, -0.05) is 12.1 Å². The molecule has 2 aromatic rings. The second kappa shape index (κ2) is 6.79. The summed E-state index contributed by atoms with van der Waals surface area (Å²) in [6.07, 6.45) is 7.09. The number of fused-ring (bicyclic) bond motifs is 2. The molecule has 1 aliphatic heterocycles. The van der Waals surface area contributed by atoms with Crippen LogP contribution in [0.4, 0.5) is 0 Å². The maximum atomic E-state index is 12.5. The summed E-state index contributed by atoms with van der Waals surface area (Å²) >= 11 is 5.91. The summed E-state index contributed by atoms with van der Waals surface area (Å²) in [4.78, 5) is 14.5. The predicted molar refractivity (Wildman–Crippen MR) is 96.6 cm³/mol. The summed E-state index contributed by atoms with van der Waals surface area (Å²) in [5.41, 5.74) is 5.53. The molecular weight excluding hydrogens is 336 g/mol. The Hall–Kier alpha value is -1.88. The Labute approximate surface area is 153 Å². The highest BCUT2D eigenvalue weighted by Crippen LogP contribution is 2.28. The van der Waals surface area contributed by atoms with Crippen LogP contribution in [-0.2, 0) is 37.1 Å². The molecule has 0 bridgehead atoms. The minimum Gasteiger partial charge on any atom is -0.333 e. The molecule has 0 radical (unpaired) electrons. The second-order valence-corrected chi connectivity index (χ2v) is 7.42. The molecule has 2 aliphatic rings. The molecule has 6 heteroatoms. The molecule has 132 valence electrons. The standard InChI is InChI=1S/C19H23ClN4O/c1-13-7-14(8-15-3-2-4-17(13)15)10-24(19(25)9-20)16-5-6-18-22-21-12-23(18)11-16/h7-8,12,16H,2-6,9-11H2,1H3. The number of aromatic nitrogens is 3.